The maximum Gasteiger partial charge on any atom is 0.143 e. The third-order valence-electron chi connectivity index (χ3n) is 2.15. The van der Waals surface area contributed by atoms with Gasteiger partial charge in [-0.25, -0.2) is 0 Å². The summed E-state index contributed by atoms with van der Waals surface area (Å²) < 4.78 is 3.26. The zero-order chi connectivity index (χ0) is 11.5. The first kappa shape index (κ1) is 11.5. The minimum absolute atomic E-state index is 0.227. The summed E-state index contributed by atoms with van der Waals surface area (Å²) in [5, 5.41) is 9.56. The lowest BCUT2D eigenvalue weighted by atomic mass is 10.2. The maximum atomic E-state index is 9.56. The van der Waals surface area contributed by atoms with Crippen molar-refractivity contribution in [3.05, 3.63) is 51.2 Å². The molecule has 0 spiro atoms. The van der Waals surface area contributed by atoms with Crippen molar-refractivity contribution >= 4 is 31.9 Å². The molecule has 0 aliphatic heterocycles. The van der Waals surface area contributed by atoms with E-state index in [0.29, 0.717) is 15.5 Å². The molecule has 0 amide bonds. The topological polar surface area (TPSA) is 37.2 Å². The van der Waals surface area contributed by atoms with Crippen LogP contribution in [0.4, 0.5) is 0 Å². The number of benzene rings is 1. The van der Waals surface area contributed by atoms with Gasteiger partial charge in [-0.05, 0) is 61.7 Å². The number of hydrogen-bond acceptors (Lipinski definition) is 2. The van der Waals surface area contributed by atoms with Gasteiger partial charge in [0.1, 0.15) is 5.75 Å². The number of phenols is 1. The van der Waals surface area contributed by atoms with Crippen LogP contribution < -0.4 is 5.43 Å². The fraction of sp³-hybridized carbons (Fsp3) is 0.0909. The van der Waals surface area contributed by atoms with E-state index in [0.717, 1.165) is 5.56 Å². The van der Waals surface area contributed by atoms with Crippen LogP contribution >= 0.6 is 31.9 Å². The van der Waals surface area contributed by atoms with Crippen molar-refractivity contribution in [1.82, 2.24) is 4.68 Å². The Labute approximate surface area is 110 Å². The molecule has 0 radical (unpaired) electrons. The molecule has 2 N–H and O–H groups in total. The highest BCUT2D eigenvalue weighted by molar-refractivity contribution is 9.11. The van der Waals surface area contributed by atoms with Gasteiger partial charge in [-0.3, -0.25) is 4.68 Å². The monoisotopic (exact) mass is 344 g/mol. The van der Waals surface area contributed by atoms with E-state index in [2.05, 4.69) is 37.3 Å². The summed E-state index contributed by atoms with van der Waals surface area (Å²) in [6.45, 7) is 0.687. The van der Waals surface area contributed by atoms with E-state index < -0.39 is 0 Å². The molecule has 2 rings (SSSR count). The Hall–Kier alpha value is -0.940. The molecule has 0 aliphatic rings. The van der Waals surface area contributed by atoms with Crippen LogP contribution in [0.2, 0.25) is 0 Å². The van der Waals surface area contributed by atoms with Gasteiger partial charge in [-0.15, -0.1) is 0 Å². The quantitative estimate of drug-likeness (QED) is 0.893. The maximum absolute atomic E-state index is 9.56. The second kappa shape index (κ2) is 4.93. The van der Waals surface area contributed by atoms with Crippen molar-refractivity contribution in [2.24, 2.45) is 0 Å². The van der Waals surface area contributed by atoms with Gasteiger partial charge in [-0.2, -0.15) is 0 Å². The summed E-state index contributed by atoms with van der Waals surface area (Å²) >= 11 is 6.60. The standard InChI is InChI=1S/C11H10Br2N2O/c12-9-5-8(6-10(13)11(9)16)7-14-15-3-1-2-4-15/h1-6,14,16H,7H2. The van der Waals surface area contributed by atoms with Crippen LogP contribution in [0, 0.1) is 0 Å². The summed E-state index contributed by atoms with van der Waals surface area (Å²) in [6.07, 6.45) is 3.87. The Kier molecular flexibility index (Phi) is 3.56. The summed E-state index contributed by atoms with van der Waals surface area (Å²) in [5.41, 5.74) is 4.28. The first-order valence-corrected chi connectivity index (χ1v) is 6.29. The Morgan fingerprint density at radius 2 is 1.69 bits per heavy atom. The average molecular weight is 346 g/mol. The van der Waals surface area contributed by atoms with E-state index in [4.69, 9.17) is 0 Å². The Balaban J connectivity index is 2.10. The van der Waals surface area contributed by atoms with Gasteiger partial charge in [0.05, 0.1) is 15.5 Å². The van der Waals surface area contributed by atoms with Crippen LogP contribution in [0.15, 0.2) is 45.6 Å². The lowest BCUT2D eigenvalue weighted by molar-refractivity contribution is 0.468. The molecular formula is C11H10Br2N2O. The van der Waals surface area contributed by atoms with Crippen molar-refractivity contribution in [3.8, 4) is 5.75 Å². The minimum atomic E-state index is 0.227. The van der Waals surface area contributed by atoms with Crippen molar-refractivity contribution < 1.29 is 5.11 Å². The molecule has 1 heterocycles. The van der Waals surface area contributed by atoms with Crippen LogP contribution in [0.3, 0.4) is 0 Å². The molecule has 2 aromatic rings. The number of hydrogen-bond donors (Lipinski definition) is 2. The number of phenolic OH excluding ortho intramolecular Hbond substituents is 1. The zero-order valence-electron chi connectivity index (χ0n) is 8.32. The molecule has 0 fully saturated rings. The molecule has 84 valence electrons. The van der Waals surface area contributed by atoms with Crippen molar-refractivity contribution in [3.63, 3.8) is 0 Å². The summed E-state index contributed by atoms with van der Waals surface area (Å²) in [4.78, 5) is 0. The van der Waals surface area contributed by atoms with Gasteiger partial charge in [0.25, 0.3) is 0 Å². The van der Waals surface area contributed by atoms with Crippen LogP contribution in [0.5, 0.6) is 5.75 Å². The van der Waals surface area contributed by atoms with Gasteiger partial charge in [0.2, 0.25) is 0 Å². The number of rotatable bonds is 3. The smallest absolute Gasteiger partial charge is 0.143 e. The molecular weight excluding hydrogens is 336 g/mol. The number of nitrogens with zero attached hydrogens (tertiary/aromatic N) is 1. The highest BCUT2D eigenvalue weighted by Crippen LogP contribution is 2.33. The Morgan fingerprint density at radius 3 is 2.25 bits per heavy atom. The van der Waals surface area contributed by atoms with E-state index in [1.807, 2.05) is 41.3 Å². The molecule has 16 heavy (non-hydrogen) atoms. The van der Waals surface area contributed by atoms with E-state index in [-0.39, 0.29) is 5.75 Å². The van der Waals surface area contributed by atoms with Gasteiger partial charge >= 0.3 is 0 Å². The predicted molar refractivity (Wildman–Crippen MR) is 71.0 cm³/mol. The fourth-order valence-corrected chi connectivity index (χ4v) is 2.62. The zero-order valence-corrected chi connectivity index (χ0v) is 11.5. The second-order valence-corrected chi connectivity index (χ2v) is 5.04. The van der Waals surface area contributed by atoms with E-state index in [9.17, 15) is 5.11 Å². The van der Waals surface area contributed by atoms with Crippen molar-refractivity contribution in [2.45, 2.75) is 6.54 Å². The third kappa shape index (κ3) is 2.59. The largest absolute Gasteiger partial charge is 0.506 e. The van der Waals surface area contributed by atoms with Crippen LogP contribution in [-0.2, 0) is 6.54 Å². The molecule has 3 nitrogen and oxygen atoms in total. The van der Waals surface area contributed by atoms with Gasteiger partial charge in [0, 0.05) is 12.4 Å². The van der Waals surface area contributed by atoms with Crippen molar-refractivity contribution in [1.29, 1.82) is 0 Å². The van der Waals surface area contributed by atoms with Crippen LogP contribution in [-0.4, -0.2) is 9.78 Å². The molecule has 0 saturated carbocycles. The number of aromatic nitrogens is 1. The molecule has 1 aromatic heterocycles. The van der Waals surface area contributed by atoms with Gasteiger partial charge < -0.3 is 10.5 Å². The Bertz CT molecular complexity index is 460. The van der Waals surface area contributed by atoms with Crippen LogP contribution in [0.1, 0.15) is 5.56 Å². The van der Waals surface area contributed by atoms with Crippen LogP contribution in [0.25, 0.3) is 0 Å². The van der Waals surface area contributed by atoms with Gasteiger partial charge in [-0.1, -0.05) is 0 Å². The second-order valence-electron chi connectivity index (χ2n) is 3.33. The number of nitrogens with one attached hydrogen (secondary N) is 1. The molecule has 0 atom stereocenters. The normalized spacial score (nSPS) is 10.4. The molecule has 0 bridgehead atoms. The van der Waals surface area contributed by atoms with E-state index >= 15 is 0 Å². The number of aromatic hydroxyl groups is 1. The van der Waals surface area contributed by atoms with E-state index in [1.54, 1.807) is 0 Å². The first-order chi connectivity index (χ1) is 7.66. The first-order valence-electron chi connectivity index (χ1n) is 4.70. The van der Waals surface area contributed by atoms with Crippen molar-refractivity contribution in [2.75, 3.05) is 5.43 Å². The highest BCUT2D eigenvalue weighted by Gasteiger charge is 2.05. The SMILES string of the molecule is Oc1c(Br)cc(CNn2cccc2)cc1Br. The summed E-state index contributed by atoms with van der Waals surface area (Å²) in [7, 11) is 0. The molecule has 1 aromatic carbocycles. The summed E-state index contributed by atoms with van der Waals surface area (Å²) in [6, 6.07) is 7.68. The molecule has 0 saturated heterocycles. The van der Waals surface area contributed by atoms with E-state index in [1.165, 1.54) is 0 Å². The minimum Gasteiger partial charge on any atom is -0.506 e. The fourth-order valence-electron chi connectivity index (χ4n) is 1.34. The highest BCUT2D eigenvalue weighted by atomic mass is 79.9. The lowest BCUT2D eigenvalue weighted by Gasteiger charge is -2.09. The molecule has 0 aliphatic carbocycles. The molecule has 5 heteroatoms. The number of halogens is 2. The molecule has 0 unspecified atom stereocenters. The summed E-state index contributed by atoms with van der Waals surface area (Å²) in [5.74, 6) is 0.227. The third-order valence-corrected chi connectivity index (χ3v) is 3.36. The predicted octanol–water partition coefficient (Wildman–Crippen LogP) is 3.46. The van der Waals surface area contributed by atoms with Gasteiger partial charge in [0.15, 0.2) is 0 Å². The average Bonchev–Trinajstić information content (AvgIpc) is 2.75. The Morgan fingerprint density at radius 1 is 1.12 bits per heavy atom. The lowest BCUT2D eigenvalue weighted by Crippen LogP contribution is -2.11.